The van der Waals surface area contributed by atoms with Gasteiger partial charge in [-0.15, -0.1) is 0 Å². The molecule has 49 heavy (non-hydrogen) atoms. The van der Waals surface area contributed by atoms with Gasteiger partial charge in [-0.05, 0) is 49.6 Å². The number of aromatic nitrogens is 2. The second kappa shape index (κ2) is 16.1. The summed E-state index contributed by atoms with van der Waals surface area (Å²) >= 11 is 0. The van der Waals surface area contributed by atoms with Gasteiger partial charge < -0.3 is 25.4 Å². The lowest BCUT2D eigenvalue weighted by Crippen LogP contribution is -2.52. The van der Waals surface area contributed by atoms with Crippen molar-refractivity contribution in [3.8, 4) is 0 Å². The number of aliphatic hydroxyl groups excluding tert-OH is 1. The standard InChI is InChI=1S/C36H46N6O6S/c1-25(28-15-11-8-12-16-28)42(36(45)30-20-29(35(37)44)21-31(22-30)40(4)49(6,46)47)32(19-27-13-9-7-10-14-27)34(43)24-39(3)33-23-38-41(26(33)2)17-18-48-5/h7-16,20-23,25,32,34,43H,17-19,24H2,1-6H3,(H2,37,44)/t25-,32+,34-/m1/s1. The predicted octanol–water partition coefficient (Wildman–Crippen LogP) is 3.64. The summed E-state index contributed by atoms with van der Waals surface area (Å²) in [5.74, 6) is -1.32. The largest absolute Gasteiger partial charge is 0.389 e. The van der Waals surface area contributed by atoms with Crippen molar-refractivity contribution in [2.45, 2.75) is 45.0 Å². The van der Waals surface area contributed by atoms with Crippen LogP contribution in [0.1, 0.15) is 50.5 Å². The smallest absolute Gasteiger partial charge is 0.254 e. The summed E-state index contributed by atoms with van der Waals surface area (Å²) in [6.07, 6.45) is 2.01. The topological polar surface area (TPSA) is 151 Å². The lowest BCUT2D eigenvalue weighted by atomic mass is 9.94. The Labute approximate surface area is 288 Å². The molecule has 12 nitrogen and oxygen atoms in total. The van der Waals surface area contributed by atoms with E-state index in [4.69, 9.17) is 10.5 Å². The molecule has 0 saturated carbocycles. The average Bonchev–Trinajstić information content (AvgIpc) is 3.46. The fraction of sp³-hybridized carbons (Fsp3) is 0.361. The van der Waals surface area contributed by atoms with Gasteiger partial charge in [-0.2, -0.15) is 5.10 Å². The summed E-state index contributed by atoms with van der Waals surface area (Å²) in [7, 11) is 1.10. The van der Waals surface area contributed by atoms with Crippen LogP contribution < -0.4 is 14.9 Å². The molecule has 1 aromatic heterocycles. The third-order valence-corrected chi connectivity index (χ3v) is 10.00. The maximum Gasteiger partial charge on any atom is 0.254 e. The molecular formula is C36H46N6O6S. The minimum atomic E-state index is -3.74. The molecule has 0 radical (unpaired) electrons. The van der Waals surface area contributed by atoms with Crippen molar-refractivity contribution >= 4 is 33.2 Å². The van der Waals surface area contributed by atoms with Crippen molar-refractivity contribution in [2.75, 3.05) is 49.8 Å². The lowest BCUT2D eigenvalue weighted by Gasteiger charge is -2.41. The molecule has 3 atom stereocenters. The van der Waals surface area contributed by atoms with Crippen LogP contribution in [0.3, 0.4) is 0 Å². The molecule has 0 aliphatic rings. The van der Waals surface area contributed by atoms with Gasteiger partial charge in [0.2, 0.25) is 15.9 Å². The number of sulfonamides is 1. The van der Waals surface area contributed by atoms with E-state index >= 15 is 0 Å². The third-order valence-electron chi connectivity index (χ3n) is 8.79. The van der Waals surface area contributed by atoms with E-state index in [0.29, 0.717) is 19.6 Å². The summed E-state index contributed by atoms with van der Waals surface area (Å²) in [5, 5.41) is 16.6. The van der Waals surface area contributed by atoms with Crippen LogP contribution in [0, 0.1) is 6.92 Å². The minimum absolute atomic E-state index is 0.0236. The van der Waals surface area contributed by atoms with E-state index in [-0.39, 0.29) is 23.4 Å². The quantitative estimate of drug-likeness (QED) is 0.181. The molecule has 0 saturated heterocycles. The van der Waals surface area contributed by atoms with E-state index in [1.165, 1.54) is 25.2 Å². The number of benzene rings is 3. The monoisotopic (exact) mass is 690 g/mol. The number of ether oxygens (including phenoxy) is 1. The number of aliphatic hydroxyl groups is 1. The van der Waals surface area contributed by atoms with Crippen LogP contribution in [0.5, 0.6) is 0 Å². The van der Waals surface area contributed by atoms with Gasteiger partial charge in [0.1, 0.15) is 0 Å². The normalized spacial score (nSPS) is 13.4. The summed E-state index contributed by atoms with van der Waals surface area (Å²) in [6.45, 7) is 5.07. The highest BCUT2D eigenvalue weighted by Gasteiger charge is 2.36. The maximum atomic E-state index is 14.9. The van der Waals surface area contributed by atoms with Gasteiger partial charge in [-0.1, -0.05) is 60.7 Å². The Bertz CT molecular complexity index is 1830. The van der Waals surface area contributed by atoms with Crippen LogP contribution in [0.15, 0.2) is 85.1 Å². The van der Waals surface area contributed by atoms with E-state index < -0.39 is 40.0 Å². The van der Waals surface area contributed by atoms with Crippen molar-refractivity contribution in [1.29, 1.82) is 0 Å². The lowest BCUT2D eigenvalue weighted by molar-refractivity contribution is 0.0245. The van der Waals surface area contributed by atoms with Gasteiger partial charge >= 0.3 is 0 Å². The molecule has 0 fully saturated rings. The minimum Gasteiger partial charge on any atom is -0.389 e. The van der Waals surface area contributed by atoms with Crippen LogP contribution in [0.2, 0.25) is 0 Å². The number of anilines is 2. The molecule has 4 rings (SSSR count). The third kappa shape index (κ3) is 9.05. The fourth-order valence-corrected chi connectivity index (χ4v) is 6.38. The number of carbonyl (C=O) groups is 2. The molecule has 4 aromatic rings. The highest BCUT2D eigenvalue weighted by molar-refractivity contribution is 7.92. The Morgan fingerprint density at radius 2 is 1.61 bits per heavy atom. The Morgan fingerprint density at radius 1 is 1.00 bits per heavy atom. The number of hydrogen-bond acceptors (Lipinski definition) is 8. The average molecular weight is 691 g/mol. The summed E-state index contributed by atoms with van der Waals surface area (Å²) in [6, 6.07) is 21.8. The zero-order valence-corrected chi connectivity index (χ0v) is 29.7. The predicted molar refractivity (Wildman–Crippen MR) is 191 cm³/mol. The fourth-order valence-electron chi connectivity index (χ4n) is 5.90. The number of methoxy groups -OCH3 is 1. The Morgan fingerprint density at radius 3 is 2.20 bits per heavy atom. The highest BCUT2D eigenvalue weighted by atomic mass is 32.2. The van der Waals surface area contributed by atoms with Gasteiger partial charge in [0.25, 0.3) is 5.91 Å². The van der Waals surface area contributed by atoms with Gasteiger partial charge in [-0.3, -0.25) is 18.6 Å². The Hall–Kier alpha value is -4.72. The molecule has 0 aliphatic heterocycles. The van der Waals surface area contributed by atoms with Crippen molar-refractivity contribution in [2.24, 2.45) is 5.73 Å². The van der Waals surface area contributed by atoms with Gasteiger partial charge in [0.05, 0.1) is 60.9 Å². The molecule has 1 heterocycles. The number of nitrogens with two attached hydrogens (primary N) is 1. The van der Waals surface area contributed by atoms with E-state index in [9.17, 15) is 23.1 Å². The second-order valence-corrected chi connectivity index (χ2v) is 14.2. The van der Waals surface area contributed by atoms with E-state index in [2.05, 4.69) is 5.10 Å². The molecule has 3 aromatic carbocycles. The number of likely N-dealkylation sites (N-methyl/N-ethyl adjacent to an activating group) is 1. The number of amides is 2. The van der Waals surface area contributed by atoms with Crippen LogP contribution in [0.25, 0.3) is 0 Å². The highest BCUT2D eigenvalue weighted by Crippen LogP contribution is 2.31. The zero-order valence-electron chi connectivity index (χ0n) is 28.9. The molecule has 0 unspecified atom stereocenters. The molecule has 3 N–H and O–H groups in total. The SMILES string of the molecule is COCCn1ncc(N(C)C[C@@H](O)[C@H](Cc2ccccc2)N(C(=O)c2cc(C(N)=O)cc(N(C)S(C)(=O)=O)c2)[C@H](C)c2ccccc2)c1C. The van der Waals surface area contributed by atoms with Crippen molar-refractivity contribution < 1.29 is 27.9 Å². The second-order valence-electron chi connectivity index (χ2n) is 12.2. The number of hydrogen-bond donors (Lipinski definition) is 2. The van der Waals surface area contributed by atoms with Crippen LogP contribution >= 0.6 is 0 Å². The Kier molecular flexibility index (Phi) is 12.2. The molecule has 13 heteroatoms. The van der Waals surface area contributed by atoms with Crippen molar-refractivity contribution in [1.82, 2.24) is 14.7 Å². The molecule has 2 amide bonds. The number of primary amides is 1. The van der Waals surface area contributed by atoms with E-state index in [1.54, 1.807) is 18.2 Å². The van der Waals surface area contributed by atoms with Crippen LogP contribution in [-0.2, 0) is 27.7 Å². The van der Waals surface area contributed by atoms with Crippen molar-refractivity contribution in [3.63, 3.8) is 0 Å². The number of rotatable bonds is 16. The van der Waals surface area contributed by atoms with Gasteiger partial charge in [-0.25, -0.2) is 8.42 Å². The summed E-state index contributed by atoms with van der Waals surface area (Å²) in [5.41, 5.74) is 9.25. The first-order valence-electron chi connectivity index (χ1n) is 15.9. The molecular weight excluding hydrogens is 644 g/mol. The van der Waals surface area contributed by atoms with Gasteiger partial charge in [0.15, 0.2) is 0 Å². The first kappa shape index (κ1) is 37.1. The first-order chi connectivity index (χ1) is 23.2. The molecule has 0 spiro atoms. The molecule has 262 valence electrons. The number of carbonyl (C=O) groups excluding carboxylic acids is 2. The van der Waals surface area contributed by atoms with E-state index in [0.717, 1.165) is 33.1 Å². The summed E-state index contributed by atoms with van der Waals surface area (Å²) < 4.78 is 33.0. The van der Waals surface area contributed by atoms with Crippen molar-refractivity contribution in [3.05, 3.63) is 113 Å². The van der Waals surface area contributed by atoms with Crippen LogP contribution in [-0.4, -0.2) is 92.8 Å². The van der Waals surface area contributed by atoms with Gasteiger partial charge in [0, 0.05) is 38.9 Å². The van der Waals surface area contributed by atoms with E-state index in [1.807, 2.05) is 91.1 Å². The molecule has 0 bridgehead atoms. The Balaban J connectivity index is 1.84. The zero-order chi connectivity index (χ0) is 35.9. The maximum absolute atomic E-state index is 14.9. The van der Waals surface area contributed by atoms with Crippen LogP contribution in [0.4, 0.5) is 11.4 Å². The summed E-state index contributed by atoms with van der Waals surface area (Å²) in [4.78, 5) is 30.8. The molecule has 0 aliphatic carbocycles. The first-order valence-corrected chi connectivity index (χ1v) is 17.8. The number of nitrogens with zero attached hydrogens (tertiary/aromatic N) is 5.